The van der Waals surface area contributed by atoms with E-state index in [2.05, 4.69) is 12.2 Å². The molecule has 3 atom stereocenters. The van der Waals surface area contributed by atoms with Crippen molar-refractivity contribution in [2.45, 2.75) is 50.0 Å². The Bertz CT molecular complexity index is 689. The molecular formula is C19H23Cl2NO3. The smallest absolute Gasteiger partial charge is 0.414 e. The topological polar surface area (TPSA) is 55.4 Å². The molecule has 0 radical (unpaired) electrons. The first kappa shape index (κ1) is 18.5. The van der Waals surface area contributed by atoms with Crippen LogP contribution in [-0.4, -0.2) is 21.9 Å². The molecule has 2 aliphatic carbocycles. The Morgan fingerprint density at radius 3 is 2.48 bits per heavy atom. The van der Waals surface area contributed by atoms with Crippen LogP contribution in [0.25, 0.3) is 0 Å². The highest BCUT2D eigenvalue weighted by Gasteiger charge is 2.74. The predicted molar refractivity (Wildman–Crippen MR) is 97.8 cm³/mol. The molecule has 0 unspecified atom stereocenters. The Kier molecular flexibility index (Phi) is 4.57. The fourth-order valence-electron chi connectivity index (χ4n) is 4.03. The fourth-order valence-corrected chi connectivity index (χ4v) is 5.04. The Labute approximate surface area is 158 Å². The molecule has 4 nitrogen and oxygen atoms in total. The largest absolute Gasteiger partial charge is 0.443 e. The Hall–Kier alpha value is -1.26. The van der Waals surface area contributed by atoms with Crippen molar-refractivity contribution in [2.75, 3.05) is 0 Å². The SMILES string of the molecule is CC(C)(OC(=O)NC(=O)c1ccccc1)[C@@H]1CC[C@@]2(C)[C@@H](C1)C2(Cl)Cl. The van der Waals surface area contributed by atoms with E-state index >= 15 is 0 Å². The third kappa shape index (κ3) is 3.26. The number of imide groups is 1. The molecule has 1 aromatic rings. The van der Waals surface area contributed by atoms with Crippen LogP contribution >= 0.6 is 23.2 Å². The maximum Gasteiger partial charge on any atom is 0.414 e. The van der Waals surface area contributed by atoms with Gasteiger partial charge in [-0.2, -0.15) is 0 Å². The lowest BCUT2D eigenvalue weighted by atomic mass is 9.75. The van der Waals surface area contributed by atoms with Gasteiger partial charge in [0.15, 0.2) is 0 Å². The fraction of sp³-hybridized carbons (Fsp3) is 0.579. The summed E-state index contributed by atoms with van der Waals surface area (Å²) in [5.74, 6) is -0.0955. The number of fused-ring (bicyclic) bond motifs is 1. The third-order valence-electron chi connectivity index (χ3n) is 6.01. The van der Waals surface area contributed by atoms with E-state index < -0.39 is 21.9 Å². The molecule has 2 fully saturated rings. The first-order chi connectivity index (χ1) is 11.6. The second-order valence-corrected chi connectivity index (χ2v) is 9.26. The number of carbonyl (C=O) groups is 2. The summed E-state index contributed by atoms with van der Waals surface area (Å²) in [6.45, 7) is 5.87. The lowest BCUT2D eigenvalue weighted by molar-refractivity contribution is -0.0226. The second-order valence-electron chi connectivity index (χ2n) is 7.88. The summed E-state index contributed by atoms with van der Waals surface area (Å²) in [6.07, 6.45) is 1.88. The van der Waals surface area contributed by atoms with Crippen molar-refractivity contribution in [1.82, 2.24) is 5.32 Å². The monoisotopic (exact) mass is 383 g/mol. The van der Waals surface area contributed by atoms with E-state index in [-0.39, 0.29) is 17.3 Å². The number of amides is 2. The standard InChI is InChI=1S/C19H23Cl2NO3/c1-17(2,13-9-10-18(3)14(11-13)19(18,20)21)25-16(24)22-15(23)12-7-5-4-6-8-12/h4-8,13-14H,9-11H2,1-3H3,(H,22,23,24)/t13-,14-,18+/m1/s1. The first-order valence-electron chi connectivity index (χ1n) is 8.55. The third-order valence-corrected chi connectivity index (χ3v) is 7.40. The molecule has 0 saturated heterocycles. The van der Waals surface area contributed by atoms with Crippen LogP contribution in [0.4, 0.5) is 4.79 Å². The minimum absolute atomic E-state index is 0.0335. The second kappa shape index (κ2) is 6.17. The van der Waals surface area contributed by atoms with Crippen molar-refractivity contribution in [1.29, 1.82) is 0 Å². The van der Waals surface area contributed by atoms with Gasteiger partial charge in [0.25, 0.3) is 5.91 Å². The Morgan fingerprint density at radius 1 is 1.24 bits per heavy atom. The molecule has 0 aliphatic heterocycles. The van der Waals surface area contributed by atoms with Gasteiger partial charge in [0.2, 0.25) is 0 Å². The number of halogens is 2. The van der Waals surface area contributed by atoms with Crippen LogP contribution in [0.3, 0.4) is 0 Å². The Balaban J connectivity index is 1.58. The zero-order valence-corrected chi connectivity index (χ0v) is 16.2. The van der Waals surface area contributed by atoms with Gasteiger partial charge in [0.1, 0.15) is 9.93 Å². The average molecular weight is 384 g/mol. The summed E-state index contributed by atoms with van der Waals surface area (Å²) in [5, 5.41) is 2.28. The molecule has 136 valence electrons. The molecule has 25 heavy (non-hydrogen) atoms. The van der Waals surface area contributed by atoms with E-state index in [4.69, 9.17) is 27.9 Å². The van der Waals surface area contributed by atoms with Crippen LogP contribution in [0, 0.1) is 17.3 Å². The highest BCUT2D eigenvalue weighted by atomic mass is 35.5. The van der Waals surface area contributed by atoms with Gasteiger partial charge in [-0.3, -0.25) is 10.1 Å². The number of benzene rings is 1. The summed E-state index contributed by atoms with van der Waals surface area (Å²) in [6, 6.07) is 8.57. The average Bonchev–Trinajstić information content (AvgIpc) is 2.99. The minimum Gasteiger partial charge on any atom is -0.443 e. The molecule has 6 heteroatoms. The number of ether oxygens (including phenoxy) is 1. The normalized spacial score (nSPS) is 30.1. The van der Waals surface area contributed by atoms with E-state index in [9.17, 15) is 9.59 Å². The summed E-state index contributed by atoms with van der Waals surface area (Å²) < 4.78 is 4.90. The molecule has 0 aromatic heterocycles. The van der Waals surface area contributed by atoms with Crippen LogP contribution in [0.15, 0.2) is 30.3 Å². The molecule has 3 rings (SSSR count). The van der Waals surface area contributed by atoms with Gasteiger partial charge in [-0.1, -0.05) is 25.1 Å². The summed E-state index contributed by atoms with van der Waals surface area (Å²) >= 11 is 12.8. The van der Waals surface area contributed by atoms with Crippen LogP contribution in [0.1, 0.15) is 50.4 Å². The quantitative estimate of drug-likeness (QED) is 0.751. The number of hydrogen-bond acceptors (Lipinski definition) is 3. The van der Waals surface area contributed by atoms with Gasteiger partial charge in [0.05, 0.1) is 0 Å². The van der Waals surface area contributed by atoms with Crippen LogP contribution < -0.4 is 5.32 Å². The maximum atomic E-state index is 12.2. The number of rotatable bonds is 3. The lowest BCUT2D eigenvalue weighted by Crippen LogP contribution is -2.43. The van der Waals surface area contributed by atoms with Crippen LogP contribution in [0.5, 0.6) is 0 Å². The van der Waals surface area contributed by atoms with Crippen molar-refractivity contribution in [3.8, 4) is 0 Å². The number of alkyl carbamates (subject to hydrolysis) is 1. The van der Waals surface area contributed by atoms with E-state index in [1.165, 1.54) is 0 Å². The van der Waals surface area contributed by atoms with Gasteiger partial charge in [-0.25, -0.2) is 4.79 Å². The summed E-state index contributed by atoms with van der Waals surface area (Å²) in [5.41, 5.74) is -0.319. The van der Waals surface area contributed by atoms with Crippen molar-refractivity contribution in [3.63, 3.8) is 0 Å². The van der Waals surface area contributed by atoms with E-state index in [1.807, 2.05) is 13.8 Å². The van der Waals surface area contributed by atoms with Crippen molar-refractivity contribution < 1.29 is 14.3 Å². The maximum absolute atomic E-state index is 12.2. The number of carbonyl (C=O) groups excluding carboxylic acids is 2. The molecule has 0 bridgehead atoms. The summed E-state index contributed by atoms with van der Waals surface area (Å²) in [7, 11) is 0. The molecule has 0 heterocycles. The Morgan fingerprint density at radius 2 is 1.88 bits per heavy atom. The first-order valence-corrected chi connectivity index (χ1v) is 9.31. The molecule has 2 aliphatic rings. The zero-order valence-electron chi connectivity index (χ0n) is 14.6. The van der Waals surface area contributed by atoms with Crippen molar-refractivity contribution in [3.05, 3.63) is 35.9 Å². The minimum atomic E-state index is -0.731. The number of hydrogen-bond donors (Lipinski definition) is 1. The highest BCUT2D eigenvalue weighted by molar-refractivity contribution is 6.51. The van der Waals surface area contributed by atoms with Gasteiger partial charge in [-0.05, 0) is 51.2 Å². The van der Waals surface area contributed by atoms with Crippen molar-refractivity contribution >= 4 is 35.2 Å². The highest BCUT2D eigenvalue weighted by Crippen LogP contribution is 2.75. The van der Waals surface area contributed by atoms with Gasteiger partial charge < -0.3 is 4.74 Å². The molecule has 0 spiro atoms. The zero-order chi connectivity index (χ0) is 18.5. The molecule has 1 aromatic carbocycles. The number of alkyl halides is 2. The predicted octanol–water partition coefficient (Wildman–Crippen LogP) is 4.94. The molecule has 2 saturated carbocycles. The molecule has 1 N–H and O–H groups in total. The van der Waals surface area contributed by atoms with Gasteiger partial charge >= 0.3 is 6.09 Å². The molecule has 2 amide bonds. The van der Waals surface area contributed by atoms with E-state index in [0.717, 1.165) is 19.3 Å². The van der Waals surface area contributed by atoms with E-state index in [1.54, 1.807) is 30.3 Å². The van der Waals surface area contributed by atoms with Crippen LogP contribution in [-0.2, 0) is 4.74 Å². The van der Waals surface area contributed by atoms with Crippen molar-refractivity contribution in [2.24, 2.45) is 17.3 Å². The molecular weight excluding hydrogens is 361 g/mol. The van der Waals surface area contributed by atoms with Gasteiger partial charge in [0, 0.05) is 16.9 Å². The van der Waals surface area contributed by atoms with Crippen LogP contribution in [0.2, 0.25) is 0 Å². The lowest BCUT2D eigenvalue weighted by Gasteiger charge is -2.37. The van der Waals surface area contributed by atoms with Gasteiger partial charge in [-0.15, -0.1) is 23.2 Å². The number of nitrogens with one attached hydrogen (secondary N) is 1. The summed E-state index contributed by atoms with van der Waals surface area (Å²) in [4.78, 5) is 24.2. The van der Waals surface area contributed by atoms with E-state index in [0.29, 0.717) is 5.56 Å².